The molecule has 0 saturated carbocycles. The molecule has 0 bridgehead atoms. The molecule has 1 aromatic carbocycles. The van der Waals surface area contributed by atoms with Gasteiger partial charge in [-0.2, -0.15) is 0 Å². The van der Waals surface area contributed by atoms with Gasteiger partial charge in [0, 0.05) is 43.5 Å². The Labute approximate surface area is 208 Å². The number of benzene rings is 1. The van der Waals surface area contributed by atoms with Crippen LogP contribution in [0, 0.1) is 23.6 Å². The molecule has 0 spiro atoms. The Balaban J connectivity index is 1.44. The second kappa shape index (κ2) is 8.29. The maximum absolute atomic E-state index is 13.6. The summed E-state index contributed by atoms with van der Waals surface area (Å²) in [6.45, 7) is 6.56. The predicted octanol–water partition coefficient (Wildman–Crippen LogP) is 1.65. The minimum absolute atomic E-state index is 0.0180. The third-order valence-corrected chi connectivity index (χ3v) is 8.77. The van der Waals surface area contributed by atoms with Crippen LogP contribution in [0.3, 0.4) is 0 Å². The van der Waals surface area contributed by atoms with Gasteiger partial charge in [-0.15, -0.1) is 0 Å². The molecule has 1 aromatic heterocycles. The van der Waals surface area contributed by atoms with Crippen LogP contribution in [0.15, 0.2) is 29.3 Å². The van der Waals surface area contributed by atoms with Crippen LogP contribution < -0.4 is 14.8 Å². The van der Waals surface area contributed by atoms with Gasteiger partial charge in [0.15, 0.2) is 11.4 Å². The van der Waals surface area contributed by atoms with Gasteiger partial charge < -0.3 is 24.3 Å². The summed E-state index contributed by atoms with van der Waals surface area (Å²) in [6.07, 6.45) is 1.33. The number of hydrogen-bond acceptors (Lipinski definition) is 6. The fourth-order valence-corrected chi connectivity index (χ4v) is 6.57. The van der Waals surface area contributed by atoms with Gasteiger partial charge >= 0.3 is 0 Å². The lowest BCUT2D eigenvalue weighted by Crippen LogP contribution is -2.53. The van der Waals surface area contributed by atoms with E-state index in [4.69, 9.17) is 9.47 Å². The van der Waals surface area contributed by atoms with Gasteiger partial charge in [0.1, 0.15) is 10.7 Å². The molecule has 36 heavy (non-hydrogen) atoms. The number of amides is 2. The molecule has 12 heteroatoms. The van der Waals surface area contributed by atoms with E-state index in [0.29, 0.717) is 31.0 Å². The van der Waals surface area contributed by atoms with Crippen LogP contribution in [0.4, 0.5) is 10.1 Å². The summed E-state index contributed by atoms with van der Waals surface area (Å²) >= 11 is 0. The monoisotopic (exact) mass is 520 g/mol. The SMILES string of the molecule is Cc1cc(NC(=O)c2c3c(cn2C)S(=O)(=O)N[C@@H]2CN(C(=O)C4(C)COC4)C[C@]2(C)CO3)ccc1F. The molecule has 3 aliphatic rings. The van der Waals surface area contributed by atoms with Gasteiger partial charge in [-0.3, -0.25) is 9.59 Å². The van der Waals surface area contributed by atoms with Crippen molar-refractivity contribution in [1.82, 2.24) is 14.2 Å². The summed E-state index contributed by atoms with van der Waals surface area (Å²) in [4.78, 5) is 27.8. The molecule has 2 atom stereocenters. The topological polar surface area (TPSA) is 119 Å². The Kier molecular flexibility index (Phi) is 5.69. The molecule has 194 valence electrons. The number of aryl methyl sites for hydroxylation is 2. The first-order valence-electron chi connectivity index (χ1n) is 11.6. The van der Waals surface area contributed by atoms with Crippen molar-refractivity contribution in [1.29, 1.82) is 0 Å². The number of nitrogens with zero attached hydrogens (tertiary/aromatic N) is 2. The first-order chi connectivity index (χ1) is 16.8. The molecular formula is C24H29FN4O6S. The molecule has 5 rings (SSSR count). The Bertz CT molecular complexity index is 1370. The molecule has 2 aromatic rings. The van der Waals surface area contributed by atoms with Gasteiger partial charge in [-0.1, -0.05) is 6.92 Å². The number of anilines is 1. The molecule has 2 fully saturated rings. The van der Waals surface area contributed by atoms with Gasteiger partial charge in [0.25, 0.3) is 5.91 Å². The zero-order valence-corrected chi connectivity index (χ0v) is 21.4. The molecule has 3 aliphatic heterocycles. The largest absolute Gasteiger partial charge is 0.489 e. The second-order valence-corrected chi connectivity index (χ2v) is 12.2. The van der Waals surface area contributed by atoms with E-state index in [1.54, 1.807) is 18.9 Å². The second-order valence-electron chi connectivity index (χ2n) is 10.6. The van der Waals surface area contributed by atoms with E-state index >= 15 is 0 Å². The smallest absolute Gasteiger partial charge is 0.276 e. The van der Waals surface area contributed by atoms with Crippen molar-refractivity contribution < 1.29 is 31.9 Å². The maximum Gasteiger partial charge on any atom is 0.276 e. The van der Waals surface area contributed by atoms with E-state index in [0.717, 1.165) is 0 Å². The highest BCUT2D eigenvalue weighted by atomic mass is 32.2. The molecule has 4 heterocycles. The molecule has 0 radical (unpaired) electrons. The number of likely N-dealkylation sites (tertiary alicyclic amines) is 1. The van der Waals surface area contributed by atoms with E-state index in [2.05, 4.69) is 10.0 Å². The molecule has 0 unspecified atom stereocenters. The van der Waals surface area contributed by atoms with Crippen LogP contribution in [0.25, 0.3) is 0 Å². The summed E-state index contributed by atoms with van der Waals surface area (Å²) in [5.41, 5.74) is -0.585. The third kappa shape index (κ3) is 3.97. The van der Waals surface area contributed by atoms with E-state index in [1.165, 1.54) is 29.0 Å². The Morgan fingerprint density at radius 1 is 1.22 bits per heavy atom. The van der Waals surface area contributed by atoms with Crippen molar-refractivity contribution in [3.63, 3.8) is 0 Å². The van der Waals surface area contributed by atoms with Crippen molar-refractivity contribution in [3.05, 3.63) is 41.5 Å². The summed E-state index contributed by atoms with van der Waals surface area (Å²) in [7, 11) is -2.52. The number of aromatic nitrogens is 1. The van der Waals surface area contributed by atoms with Crippen LogP contribution in [0.2, 0.25) is 0 Å². The van der Waals surface area contributed by atoms with E-state index < -0.39 is 38.6 Å². The number of ether oxygens (including phenoxy) is 2. The van der Waals surface area contributed by atoms with E-state index in [1.807, 2.05) is 13.8 Å². The number of halogens is 1. The lowest BCUT2D eigenvalue weighted by Gasteiger charge is -2.39. The van der Waals surface area contributed by atoms with Crippen molar-refractivity contribution in [2.75, 3.05) is 38.2 Å². The van der Waals surface area contributed by atoms with Crippen molar-refractivity contribution >= 4 is 27.5 Å². The predicted molar refractivity (Wildman–Crippen MR) is 128 cm³/mol. The first-order valence-corrected chi connectivity index (χ1v) is 13.1. The van der Waals surface area contributed by atoms with Crippen LogP contribution in [-0.2, 0) is 26.6 Å². The normalized spacial score (nSPS) is 26.0. The van der Waals surface area contributed by atoms with Crippen molar-refractivity contribution in [2.24, 2.45) is 17.9 Å². The average molecular weight is 521 g/mol. The molecule has 10 nitrogen and oxygen atoms in total. The Hall–Kier alpha value is -2.96. The van der Waals surface area contributed by atoms with E-state index in [-0.39, 0.29) is 35.4 Å². The third-order valence-electron chi connectivity index (χ3n) is 7.31. The Morgan fingerprint density at radius 2 is 1.94 bits per heavy atom. The number of sulfonamides is 1. The fraction of sp³-hybridized carbons (Fsp3) is 0.500. The molecule has 0 aliphatic carbocycles. The standard InChI is InChI=1S/C24H29FN4O6S/c1-14-7-15(5-6-16(14)25)26-21(30)19-20-17(8-28(19)4)36(32,33)27-18-9-29(10-23(18,2)13-35-20)22(31)24(3)11-34-12-24/h5-8,18,27H,9-13H2,1-4H3,(H,26,30)/t18-,23-/m1/s1. The van der Waals surface area contributed by atoms with Gasteiger partial charge in [0.2, 0.25) is 15.9 Å². The lowest BCUT2D eigenvalue weighted by molar-refractivity contribution is -0.168. The van der Waals surface area contributed by atoms with Crippen LogP contribution in [0.1, 0.15) is 29.9 Å². The van der Waals surface area contributed by atoms with Crippen LogP contribution in [0.5, 0.6) is 5.75 Å². The number of carbonyl (C=O) groups excluding carboxylic acids is 2. The van der Waals surface area contributed by atoms with Crippen molar-refractivity contribution in [3.8, 4) is 5.75 Å². The van der Waals surface area contributed by atoms with Crippen molar-refractivity contribution in [2.45, 2.75) is 31.7 Å². The Morgan fingerprint density at radius 3 is 2.58 bits per heavy atom. The van der Waals surface area contributed by atoms with Gasteiger partial charge in [0.05, 0.1) is 25.2 Å². The number of fused-ring (bicyclic) bond motifs is 2. The lowest BCUT2D eigenvalue weighted by atomic mass is 9.86. The maximum atomic E-state index is 13.6. The minimum atomic E-state index is -4.08. The number of rotatable bonds is 3. The first kappa shape index (κ1) is 24.7. The molecule has 2 N–H and O–H groups in total. The average Bonchev–Trinajstić information content (AvgIpc) is 3.29. The molecule has 2 amide bonds. The van der Waals surface area contributed by atoms with E-state index in [9.17, 15) is 22.4 Å². The highest BCUT2D eigenvalue weighted by Gasteiger charge is 2.53. The minimum Gasteiger partial charge on any atom is -0.489 e. The van der Waals surface area contributed by atoms with Gasteiger partial charge in [-0.05, 0) is 37.6 Å². The number of hydrogen-bond donors (Lipinski definition) is 2. The quantitative estimate of drug-likeness (QED) is 0.635. The highest BCUT2D eigenvalue weighted by Crippen LogP contribution is 2.41. The zero-order chi connectivity index (χ0) is 26.0. The van der Waals surface area contributed by atoms with Crippen LogP contribution >= 0.6 is 0 Å². The van der Waals surface area contributed by atoms with Crippen LogP contribution in [-0.4, -0.2) is 68.7 Å². The summed E-state index contributed by atoms with van der Waals surface area (Å²) in [6, 6.07) is 3.59. The summed E-state index contributed by atoms with van der Waals surface area (Å²) < 4.78 is 55.9. The molecular weight excluding hydrogens is 491 g/mol. The fourth-order valence-electron chi connectivity index (χ4n) is 5.02. The summed E-state index contributed by atoms with van der Waals surface area (Å²) in [5, 5.41) is 2.69. The zero-order valence-electron chi connectivity index (χ0n) is 20.6. The number of carbonyl (C=O) groups is 2. The highest BCUT2D eigenvalue weighted by molar-refractivity contribution is 7.89. The van der Waals surface area contributed by atoms with Gasteiger partial charge in [-0.25, -0.2) is 17.5 Å². The summed E-state index contributed by atoms with van der Waals surface area (Å²) in [5.74, 6) is -1.13. The molecule has 2 saturated heterocycles. The number of nitrogens with one attached hydrogen (secondary N) is 2.